The second-order valence-corrected chi connectivity index (χ2v) is 5.82. The molecule has 3 heterocycles. The van der Waals surface area contributed by atoms with Gasteiger partial charge >= 0.3 is 5.65 Å². The van der Waals surface area contributed by atoms with Gasteiger partial charge in [0.1, 0.15) is 18.3 Å². The number of anilines is 1. The summed E-state index contributed by atoms with van der Waals surface area (Å²) in [4.78, 5) is 18.7. The number of aryl methyl sites for hydroxylation is 1. The fourth-order valence-electron chi connectivity index (χ4n) is 3.00. The van der Waals surface area contributed by atoms with Gasteiger partial charge in [-0.2, -0.15) is 0 Å². The zero-order valence-corrected chi connectivity index (χ0v) is 14.0. The van der Waals surface area contributed by atoms with E-state index >= 15 is 0 Å². The number of aromatic amines is 1. The highest BCUT2D eigenvalue weighted by Crippen LogP contribution is 2.29. The van der Waals surface area contributed by atoms with Gasteiger partial charge in [-0.15, -0.1) is 0 Å². The van der Waals surface area contributed by atoms with E-state index in [0.717, 1.165) is 0 Å². The number of imidazole rings is 1. The third-order valence-electron chi connectivity index (χ3n) is 4.15. The molecule has 2 aromatic heterocycles. The maximum absolute atomic E-state index is 12.1. The van der Waals surface area contributed by atoms with Crippen LogP contribution in [0, 0.1) is 0 Å². The summed E-state index contributed by atoms with van der Waals surface area (Å²) in [6.45, 7) is 0.200. The van der Waals surface area contributed by atoms with Crippen molar-refractivity contribution >= 4 is 17.1 Å². The number of aliphatic hydroxyl groups excluding tert-OH is 2. The van der Waals surface area contributed by atoms with Crippen LogP contribution in [0.25, 0.3) is 11.2 Å². The van der Waals surface area contributed by atoms with E-state index in [9.17, 15) is 15.0 Å². The Bertz CT molecular complexity index is 805. The number of aliphatic hydroxyl groups is 2. The third-order valence-corrected chi connectivity index (χ3v) is 4.15. The van der Waals surface area contributed by atoms with Crippen molar-refractivity contribution in [1.29, 1.82) is 0 Å². The third kappa shape index (κ3) is 3.12. The van der Waals surface area contributed by atoms with Gasteiger partial charge in [-0.1, -0.05) is 4.98 Å². The van der Waals surface area contributed by atoms with Crippen LogP contribution in [0.15, 0.2) is 11.1 Å². The maximum atomic E-state index is 12.1. The van der Waals surface area contributed by atoms with Gasteiger partial charge in [-0.05, 0) is 0 Å². The number of nitrogens with zero attached hydrogens (tertiary/aromatic N) is 3. The number of hydrogen-bond acceptors (Lipinski definition) is 8. The van der Waals surface area contributed by atoms with Crippen LogP contribution in [0.2, 0.25) is 0 Å². The first-order valence-corrected chi connectivity index (χ1v) is 7.78. The molecule has 2 aromatic rings. The van der Waals surface area contributed by atoms with Gasteiger partial charge in [0, 0.05) is 7.11 Å². The lowest BCUT2D eigenvalue weighted by Gasteiger charge is -2.19. The van der Waals surface area contributed by atoms with E-state index in [1.54, 1.807) is 22.5 Å². The Balaban J connectivity index is 2.03. The lowest BCUT2D eigenvalue weighted by Crippen LogP contribution is -2.47. The molecule has 0 saturated carbocycles. The number of rotatable bonds is 6. The van der Waals surface area contributed by atoms with Crippen molar-refractivity contribution in [1.82, 2.24) is 14.5 Å². The van der Waals surface area contributed by atoms with Crippen molar-refractivity contribution in [2.75, 3.05) is 32.7 Å². The highest BCUT2D eigenvalue weighted by atomic mass is 16.6. The second-order valence-electron chi connectivity index (χ2n) is 5.82. The summed E-state index contributed by atoms with van der Waals surface area (Å²) in [5.74, 6) is -0.0356. The molecule has 1 aliphatic heterocycles. The van der Waals surface area contributed by atoms with Crippen LogP contribution in [0.4, 0.5) is 5.95 Å². The molecule has 11 nitrogen and oxygen atoms in total. The Labute approximate surface area is 142 Å². The standard InChI is InChI=1S/C14H21N5O6/c1-18-6-19(11-8(18)12(22)17-14(15)16-11)13-10(24-4-3-23-2)9(21)7(5-20)25-13/h6-7,9-10,13,20-21H,3-5H2,1-2H3,(H2-,15,16,17,22)/p+1/t7-,9-,10-,13-/m1/s1. The average molecular weight is 356 g/mol. The Morgan fingerprint density at radius 2 is 2.28 bits per heavy atom. The van der Waals surface area contributed by atoms with E-state index in [4.69, 9.17) is 19.9 Å². The molecule has 0 bridgehead atoms. The van der Waals surface area contributed by atoms with E-state index < -0.39 is 30.1 Å². The first-order valence-electron chi connectivity index (χ1n) is 7.78. The average Bonchev–Trinajstić information content (AvgIpc) is 3.05. The van der Waals surface area contributed by atoms with Gasteiger partial charge in [0.2, 0.25) is 11.7 Å². The zero-order chi connectivity index (χ0) is 18.1. The Hall–Kier alpha value is -2.05. The number of nitrogens with two attached hydrogens (primary N) is 1. The minimum Gasteiger partial charge on any atom is -0.394 e. The van der Waals surface area contributed by atoms with E-state index in [2.05, 4.69) is 9.97 Å². The van der Waals surface area contributed by atoms with Crippen LogP contribution in [0.1, 0.15) is 6.23 Å². The molecule has 11 heteroatoms. The highest BCUT2D eigenvalue weighted by Gasteiger charge is 2.48. The van der Waals surface area contributed by atoms with Gasteiger partial charge in [0.05, 0.1) is 26.9 Å². The number of fused-ring (bicyclic) bond motifs is 1. The summed E-state index contributed by atoms with van der Waals surface area (Å²) in [5, 5.41) is 19.8. The summed E-state index contributed by atoms with van der Waals surface area (Å²) in [7, 11) is 3.22. The minimum absolute atomic E-state index is 0.0356. The highest BCUT2D eigenvalue weighted by molar-refractivity contribution is 5.67. The van der Waals surface area contributed by atoms with Crippen LogP contribution >= 0.6 is 0 Å². The quantitative estimate of drug-likeness (QED) is 0.326. The van der Waals surface area contributed by atoms with Crippen LogP contribution in [-0.2, 0) is 21.3 Å². The van der Waals surface area contributed by atoms with Crippen molar-refractivity contribution in [3.05, 3.63) is 16.7 Å². The Morgan fingerprint density at radius 3 is 2.96 bits per heavy atom. The van der Waals surface area contributed by atoms with Crippen molar-refractivity contribution in [2.45, 2.75) is 24.5 Å². The molecule has 0 amide bonds. The summed E-state index contributed by atoms with van der Waals surface area (Å²) in [6.07, 6.45) is -1.82. The Morgan fingerprint density at radius 1 is 1.52 bits per heavy atom. The molecule has 0 radical (unpaired) electrons. The molecule has 0 aliphatic carbocycles. The molecule has 0 unspecified atom stereocenters. The smallest absolute Gasteiger partial charge is 0.313 e. The molecule has 25 heavy (non-hydrogen) atoms. The van der Waals surface area contributed by atoms with E-state index in [1.165, 1.54) is 7.11 Å². The number of methoxy groups -OCH3 is 1. The fourth-order valence-corrected chi connectivity index (χ4v) is 3.00. The van der Waals surface area contributed by atoms with Crippen molar-refractivity contribution in [3.8, 4) is 0 Å². The van der Waals surface area contributed by atoms with Crippen LogP contribution in [0.5, 0.6) is 0 Å². The van der Waals surface area contributed by atoms with Crippen molar-refractivity contribution in [2.24, 2.45) is 7.05 Å². The SMILES string of the molecule is COCCO[C@@H]1[C@H](O)[C@@H](CO)O[C@H]1[n+]1cn(C)c2c(=O)[nH]c(N)nc21. The number of aromatic nitrogens is 4. The van der Waals surface area contributed by atoms with Gasteiger partial charge in [0.15, 0.2) is 6.33 Å². The normalized spacial score (nSPS) is 26.6. The van der Waals surface area contributed by atoms with Crippen LogP contribution in [0.3, 0.4) is 0 Å². The molecule has 0 aromatic carbocycles. The number of nitrogen functional groups attached to an aromatic ring is 1. The van der Waals surface area contributed by atoms with E-state index in [1.807, 2.05) is 0 Å². The topological polar surface area (TPSA) is 149 Å². The summed E-state index contributed by atoms with van der Waals surface area (Å²) >= 11 is 0. The second kappa shape index (κ2) is 7.06. The van der Waals surface area contributed by atoms with Gasteiger partial charge in [-0.25, -0.2) is 4.57 Å². The molecule has 3 rings (SSSR count). The van der Waals surface area contributed by atoms with E-state index in [0.29, 0.717) is 17.8 Å². The number of ether oxygens (including phenoxy) is 3. The molecule has 5 N–H and O–H groups in total. The number of H-pyrrole nitrogens is 1. The van der Waals surface area contributed by atoms with Crippen molar-refractivity contribution in [3.63, 3.8) is 0 Å². The summed E-state index contributed by atoms with van der Waals surface area (Å²) in [5.41, 5.74) is 5.85. The maximum Gasteiger partial charge on any atom is 0.313 e. The monoisotopic (exact) mass is 356 g/mol. The fraction of sp³-hybridized carbons (Fsp3) is 0.643. The summed E-state index contributed by atoms with van der Waals surface area (Å²) in [6, 6.07) is 0. The molecular formula is C14H22N5O6+. The predicted octanol–water partition coefficient (Wildman–Crippen LogP) is -2.59. The summed E-state index contributed by atoms with van der Waals surface area (Å²) < 4.78 is 19.5. The lowest BCUT2D eigenvalue weighted by atomic mass is 10.1. The van der Waals surface area contributed by atoms with E-state index in [-0.39, 0.29) is 19.2 Å². The molecule has 1 fully saturated rings. The number of nitrogens with one attached hydrogen (secondary N) is 1. The minimum atomic E-state index is -1.05. The number of hydrogen-bond donors (Lipinski definition) is 4. The largest absolute Gasteiger partial charge is 0.394 e. The Kier molecular flexibility index (Phi) is 5.01. The predicted molar refractivity (Wildman–Crippen MR) is 84.6 cm³/mol. The molecule has 138 valence electrons. The van der Waals surface area contributed by atoms with Gasteiger partial charge in [-0.3, -0.25) is 14.3 Å². The molecule has 1 aliphatic rings. The first kappa shape index (κ1) is 17.8. The molecular weight excluding hydrogens is 334 g/mol. The van der Waals surface area contributed by atoms with Gasteiger partial charge < -0.3 is 30.2 Å². The van der Waals surface area contributed by atoms with Crippen LogP contribution in [-0.4, -0.2) is 70.0 Å². The first-order chi connectivity index (χ1) is 12.0. The molecule has 1 saturated heterocycles. The zero-order valence-electron chi connectivity index (χ0n) is 14.0. The lowest BCUT2D eigenvalue weighted by molar-refractivity contribution is -0.746. The van der Waals surface area contributed by atoms with Gasteiger partial charge in [0.25, 0.3) is 11.5 Å². The molecule has 4 atom stereocenters. The van der Waals surface area contributed by atoms with Crippen molar-refractivity contribution < 1.29 is 29.0 Å². The molecule has 0 spiro atoms. The van der Waals surface area contributed by atoms with Crippen LogP contribution < -0.4 is 15.9 Å².